The Balaban J connectivity index is 1.41. The molecule has 13 heteroatoms. The van der Waals surface area contributed by atoms with Crippen LogP contribution >= 0.6 is 0 Å². The van der Waals surface area contributed by atoms with Crippen LogP contribution in [0.5, 0.6) is 0 Å². The SMILES string of the molecule is Cn1ccc(C(=O)NC2(C(=O)NCc3ncc(Nc4c(F)cccc4C(F)(F)F)cc3F)CC2)cc1=O. The molecule has 2 amide bonds. The number of nitrogens with zero attached hydrogens (tertiary/aromatic N) is 2. The van der Waals surface area contributed by atoms with Crippen molar-refractivity contribution in [3.63, 3.8) is 0 Å². The molecule has 2 heterocycles. The van der Waals surface area contributed by atoms with Gasteiger partial charge in [0.15, 0.2) is 0 Å². The monoisotopic (exact) mass is 521 g/mol. The van der Waals surface area contributed by atoms with Gasteiger partial charge < -0.3 is 20.5 Å². The summed E-state index contributed by atoms with van der Waals surface area (Å²) in [5, 5.41) is 7.27. The second-order valence-electron chi connectivity index (χ2n) is 8.52. The first-order valence-electron chi connectivity index (χ1n) is 10.9. The number of amides is 2. The van der Waals surface area contributed by atoms with Gasteiger partial charge in [-0.25, -0.2) is 8.78 Å². The van der Waals surface area contributed by atoms with Crippen molar-refractivity contribution in [2.75, 3.05) is 5.32 Å². The lowest BCUT2D eigenvalue weighted by molar-refractivity contribution is -0.137. The molecule has 0 unspecified atom stereocenters. The molecule has 0 bridgehead atoms. The third kappa shape index (κ3) is 5.60. The van der Waals surface area contributed by atoms with E-state index >= 15 is 0 Å². The highest BCUT2D eigenvalue weighted by atomic mass is 19.4. The summed E-state index contributed by atoms with van der Waals surface area (Å²) >= 11 is 0. The summed E-state index contributed by atoms with van der Waals surface area (Å²) in [6.07, 6.45) is -1.76. The second kappa shape index (κ2) is 9.64. The highest BCUT2D eigenvalue weighted by molar-refractivity contribution is 6.00. The molecule has 3 aromatic rings. The molecule has 1 aliphatic carbocycles. The second-order valence-corrected chi connectivity index (χ2v) is 8.52. The quantitative estimate of drug-likeness (QED) is 0.414. The van der Waals surface area contributed by atoms with Gasteiger partial charge in [-0.2, -0.15) is 13.2 Å². The number of benzene rings is 1. The maximum atomic E-state index is 14.6. The minimum absolute atomic E-state index is 0.0847. The van der Waals surface area contributed by atoms with Gasteiger partial charge in [-0.05, 0) is 31.0 Å². The summed E-state index contributed by atoms with van der Waals surface area (Å²) in [6.45, 7) is -0.373. The van der Waals surface area contributed by atoms with Crippen LogP contribution in [0.15, 0.2) is 53.6 Å². The number of halogens is 5. The van der Waals surface area contributed by atoms with E-state index in [-0.39, 0.29) is 23.5 Å². The molecule has 0 saturated heterocycles. The van der Waals surface area contributed by atoms with E-state index in [9.17, 15) is 36.3 Å². The molecular formula is C24H20F5N5O3. The molecule has 0 aliphatic heterocycles. The molecule has 0 atom stereocenters. The number of nitrogens with one attached hydrogen (secondary N) is 3. The van der Waals surface area contributed by atoms with Crippen LogP contribution in [0.2, 0.25) is 0 Å². The molecule has 1 fully saturated rings. The van der Waals surface area contributed by atoms with Crippen molar-refractivity contribution in [1.82, 2.24) is 20.2 Å². The molecule has 4 rings (SSSR count). The molecule has 1 aliphatic rings. The van der Waals surface area contributed by atoms with Gasteiger partial charge in [0.25, 0.3) is 11.5 Å². The molecular weight excluding hydrogens is 501 g/mol. The van der Waals surface area contributed by atoms with Gasteiger partial charge in [0.1, 0.15) is 17.2 Å². The minimum Gasteiger partial charge on any atom is -0.351 e. The molecule has 37 heavy (non-hydrogen) atoms. The smallest absolute Gasteiger partial charge is 0.351 e. The van der Waals surface area contributed by atoms with Crippen molar-refractivity contribution in [2.24, 2.45) is 7.05 Å². The summed E-state index contributed by atoms with van der Waals surface area (Å²) in [5.41, 5.74) is -4.13. The van der Waals surface area contributed by atoms with E-state index in [1.807, 2.05) is 0 Å². The lowest BCUT2D eigenvalue weighted by Gasteiger charge is -2.18. The Bertz CT molecular complexity index is 1430. The number of alkyl halides is 3. The zero-order valence-corrected chi connectivity index (χ0v) is 19.2. The molecule has 3 N–H and O–H groups in total. The van der Waals surface area contributed by atoms with E-state index < -0.39 is 52.0 Å². The van der Waals surface area contributed by atoms with Crippen LogP contribution in [0.1, 0.15) is 34.5 Å². The van der Waals surface area contributed by atoms with E-state index in [0.29, 0.717) is 18.9 Å². The molecule has 2 aromatic heterocycles. The maximum Gasteiger partial charge on any atom is 0.418 e. The predicted molar refractivity (Wildman–Crippen MR) is 122 cm³/mol. The van der Waals surface area contributed by atoms with Gasteiger partial charge in [0.05, 0.1) is 35.4 Å². The van der Waals surface area contributed by atoms with Crippen molar-refractivity contribution in [3.8, 4) is 0 Å². The third-order valence-electron chi connectivity index (χ3n) is 5.83. The van der Waals surface area contributed by atoms with Crippen LogP contribution in [-0.4, -0.2) is 26.9 Å². The van der Waals surface area contributed by atoms with Gasteiger partial charge in [0.2, 0.25) is 5.91 Å². The number of pyridine rings is 2. The zero-order chi connectivity index (χ0) is 27.0. The van der Waals surface area contributed by atoms with Gasteiger partial charge in [-0.3, -0.25) is 19.4 Å². The average Bonchev–Trinajstić information content (AvgIpc) is 3.61. The summed E-state index contributed by atoms with van der Waals surface area (Å²) in [7, 11) is 1.52. The van der Waals surface area contributed by atoms with Gasteiger partial charge in [-0.15, -0.1) is 0 Å². The third-order valence-corrected chi connectivity index (χ3v) is 5.83. The number of carbonyl (C=O) groups excluding carboxylic acids is 2. The maximum absolute atomic E-state index is 14.6. The number of carbonyl (C=O) groups is 2. The van der Waals surface area contributed by atoms with Gasteiger partial charge in [-0.1, -0.05) is 6.07 Å². The molecule has 194 valence electrons. The first-order valence-corrected chi connectivity index (χ1v) is 10.9. The van der Waals surface area contributed by atoms with Crippen LogP contribution in [0.25, 0.3) is 0 Å². The number of aromatic nitrogens is 2. The van der Waals surface area contributed by atoms with Crippen molar-refractivity contribution in [1.29, 1.82) is 0 Å². The van der Waals surface area contributed by atoms with Gasteiger partial charge in [0, 0.05) is 30.9 Å². The largest absolute Gasteiger partial charge is 0.418 e. The first kappa shape index (κ1) is 25.8. The number of rotatable bonds is 7. The Hall–Kier alpha value is -4.29. The highest BCUT2D eigenvalue weighted by Gasteiger charge is 2.51. The Morgan fingerprint density at radius 2 is 1.84 bits per heavy atom. The Morgan fingerprint density at radius 3 is 2.46 bits per heavy atom. The molecule has 0 spiro atoms. The lowest BCUT2D eigenvalue weighted by atomic mass is 10.1. The van der Waals surface area contributed by atoms with E-state index in [1.54, 1.807) is 0 Å². The van der Waals surface area contributed by atoms with Crippen molar-refractivity contribution in [3.05, 3.63) is 87.6 Å². The highest BCUT2D eigenvalue weighted by Crippen LogP contribution is 2.38. The lowest BCUT2D eigenvalue weighted by Crippen LogP contribution is -2.49. The van der Waals surface area contributed by atoms with Gasteiger partial charge >= 0.3 is 6.18 Å². The van der Waals surface area contributed by atoms with Crippen LogP contribution in [0.4, 0.5) is 33.3 Å². The number of hydrogen-bond acceptors (Lipinski definition) is 5. The van der Waals surface area contributed by atoms with Crippen LogP contribution < -0.4 is 21.5 Å². The summed E-state index contributed by atoms with van der Waals surface area (Å²) in [4.78, 5) is 40.7. The first-order chi connectivity index (χ1) is 17.4. The number of aryl methyl sites for hydroxylation is 1. The fraction of sp³-hybridized carbons (Fsp3) is 0.250. The van der Waals surface area contributed by atoms with Crippen LogP contribution in [-0.2, 0) is 24.6 Å². The fourth-order valence-electron chi connectivity index (χ4n) is 3.54. The molecule has 0 radical (unpaired) electrons. The Labute approximate surface area is 206 Å². The number of hydrogen-bond donors (Lipinski definition) is 3. The van der Waals surface area contributed by atoms with Crippen molar-refractivity contribution < 1.29 is 31.5 Å². The Morgan fingerprint density at radius 1 is 1.11 bits per heavy atom. The van der Waals surface area contributed by atoms with E-state index in [0.717, 1.165) is 30.5 Å². The molecule has 1 aromatic carbocycles. The summed E-state index contributed by atoms with van der Waals surface area (Å²) in [5.74, 6) is -3.34. The van der Waals surface area contributed by atoms with Crippen molar-refractivity contribution >= 4 is 23.2 Å². The average molecular weight is 521 g/mol. The molecule has 8 nitrogen and oxygen atoms in total. The number of anilines is 2. The van der Waals surface area contributed by atoms with E-state index in [1.165, 1.54) is 23.9 Å². The standard InChI is InChI=1S/C24H20F5N5O3/c1-34-8-5-13(9-19(34)35)21(36)33-23(6-7-23)22(37)31-12-18-17(26)10-14(11-30-18)32-20-15(24(27,28)29)3-2-4-16(20)25/h2-5,8-11,32H,6-7,12H2,1H3,(H,31,37)(H,33,36). The molecule has 1 saturated carbocycles. The van der Waals surface area contributed by atoms with Crippen molar-refractivity contribution in [2.45, 2.75) is 31.1 Å². The minimum atomic E-state index is -4.84. The van der Waals surface area contributed by atoms with Crippen LogP contribution in [0.3, 0.4) is 0 Å². The topological polar surface area (TPSA) is 105 Å². The number of para-hydroxylation sites is 1. The zero-order valence-electron chi connectivity index (χ0n) is 19.2. The summed E-state index contributed by atoms with van der Waals surface area (Å²) in [6, 6.07) is 5.81. The van der Waals surface area contributed by atoms with Crippen LogP contribution in [0, 0.1) is 11.6 Å². The van der Waals surface area contributed by atoms with E-state index in [4.69, 9.17) is 0 Å². The van der Waals surface area contributed by atoms with E-state index in [2.05, 4.69) is 20.9 Å². The fourth-order valence-corrected chi connectivity index (χ4v) is 3.54. The normalized spacial score (nSPS) is 14.1. The predicted octanol–water partition coefficient (Wildman–Crippen LogP) is 3.40. The Kier molecular flexibility index (Phi) is 6.72. The summed E-state index contributed by atoms with van der Waals surface area (Å²) < 4.78 is 69.5.